The largest absolute Gasteiger partial charge is 0.465 e. The highest BCUT2D eigenvalue weighted by Gasteiger charge is 2.16. The van der Waals surface area contributed by atoms with Gasteiger partial charge in [0.15, 0.2) is 13.1 Å². The lowest BCUT2D eigenvalue weighted by Crippen LogP contribution is -3.11. The Bertz CT molecular complexity index is 900. The van der Waals surface area contributed by atoms with E-state index in [1.807, 2.05) is 32.9 Å². The molecule has 0 saturated carbocycles. The number of carbonyl (C=O) groups is 3. The molecule has 0 radical (unpaired) electrons. The molecule has 1 atom stereocenters. The van der Waals surface area contributed by atoms with E-state index in [0.29, 0.717) is 12.1 Å². The van der Waals surface area contributed by atoms with Crippen molar-refractivity contribution < 1.29 is 24.0 Å². The average molecular weight is 413 g/mol. The Hall–Kier alpha value is -3.19. The minimum absolute atomic E-state index is 0.131. The van der Waals surface area contributed by atoms with Crippen LogP contribution in [-0.2, 0) is 20.9 Å². The van der Waals surface area contributed by atoms with Gasteiger partial charge in [0.1, 0.15) is 0 Å². The van der Waals surface area contributed by atoms with Crippen molar-refractivity contribution in [2.75, 3.05) is 32.6 Å². The van der Waals surface area contributed by atoms with Gasteiger partial charge in [0.25, 0.3) is 11.8 Å². The minimum atomic E-state index is -0.398. The van der Waals surface area contributed by atoms with E-state index in [1.54, 1.807) is 31.3 Å². The number of hydrogen-bond donors (Lipinski definition) is 3. The van der Waals surface area contributed by atoms with E-state index in [2.05, 4.69) is 15.4 Å². The number of hydrogen-bond acceptors (Lipinski definition) is 4. The molecule has 2 rings (SSSR count). The molecule has 0 heterocycles. The first-order valence-electron chi connectivity index (χ1n) is 9.82. The zero-order chi connectivity index (χ0) is 22.3. The summed E-state index contributed by atoms with van der Waals surface area (Å²) in [5.41, 5.74) is 5.36. The van der Waals surface area contributed by atoms with Gasteiger partial charge in [0, 0.05) is 12.2 Å². The second-order valence-electron chi connectivity index (χ2n) is 7.60. The third-order valence-corrected chi connectivity index (χ3v) is 4.73. The van der Waals surface area contributed by atoms with Crippen LogP contribution in [0.2, 0.25) is 0 Å². The second kappa shape index (κ2) is 10.5. The van der Waals surface area contributed by atoms with E-state index in [0.717, 1.165) is 32.8 Å². The highest BCUT2D eigenvalue weighted by molar-refractivity contribution is 5.93. The molecule has 0 aliphatic rings. The van der Waals surface area contributed by atoms with Crippen LogP contribution < -0.4 is 15.5 Å². The van der Waals surface area contributed by atoms with E-state index < -0.39 is 5.97 Å². The number of quaternary nitrogens is 1. The van der Waals surface area contributed by atoms with Gasteiger partial charge in [-0.1, -0.05) is 29.8 Å². The molecule has 2 aromatic carbocycles. The van der Waals surface area contributed by atoms with Gasteiger partial charge in [0.2, 0.25) is 0 Å². The zero-order valence-electron chi connectivity index (χ0n) is 18.2. The first kappa shape index (κ1) is 23.1. The number of likely N-dealkylation sites (N-methyl/N-ethyl adjacent to an activating group) is 1. The predicted molar refractivity (Wildman–Crippen MR) is 116 cm³/mol. The van der Waals surface area contributed by atoms with Gasteiger partial charge in [0.05, 0.1) is 19.7 Å². The van der Waals surface area contributed by atoms with Crippen LogP contribution in [0.5, 0.6) is 0 Å². The molecule has 0 aliphatic heterocycles. The van der Waals surface area contributed by atoms with Gasteiger partial charge in [-0.15, -0.1) is 0 Å². The van der Waals surface area contributed by atoms with Crippen molar-refractivity contribution in [2.24, 2.45) is 0 Å². The van der Waals surface area contributed by atoms with Crippen LogP contribution in [0.15, 0.2) is 36.4 Å². The number of ether oxygens (including phenoxy) is 1. The first-order chi connectivity index (χ1) is 14.2. The average Bonchev–Trinajstić information content (AvgIpc) is 2.68. The molecule has 3 N–H and O–H groups in total. The molecular formula is C23H30N3O4+. The molecule has 0 bridgehead atoms. The molecule has 2 amide bonds. The number of methoxy groups -OCH3 is 1. The van der Waals surface area contributed by atoms with E-state index in [1.165, 1.54) is 7.11 Å². The standard InChI is InChI=1S/C23H29N3O4/c1-15-10-16(2)22(17(3)11-15)25-21(28)14-26(4)13-20(27)24-12-18-6-8-19(9-7-18)23(29)30-5/h6-11H,12-14H2,1-5H3,(H,24,27)(H,25,28)/p+1. The van der Waals surface area contributed by atoms with Gasteiger partial charge in [-0.2, -0.15) is 0 Å². The van der Waals surface area contributed by atoms with Crippen molar-refractivity contribution in [3.8, 4) is 0 Å². The van der Waals surface area contributed by atoms with Gasteiger partial charge < -0.3 is 20.3 Å². The Kier molecular flexibility index (Phi) is 8.12. The Morgan fingerprint density at radius 1 is 0.933 bits per heavy atom. The summed E-state index contributed by atoms with van der Waals surface area (Å²) >= 11 is 0. The Morgan fingerprint density at radius 3 is 2.07 bits per heavy atom. The number of anilines is 1. The van der Waals surface area contributed by atoms with Crippen LogP contribution >= 0.6 is 0 Å². The lowest BCUT2D eigenvalue weighted by molar-refractivity contribution is -0.862. The molecule has 0 aromatic heterocycles. The highest BCUT2D eigenvalue weighted by Crippen LogP contribution is 2.21. The fourth-order valence-electron chi connectivity index (χ4n) is 3.31. The Morgan fingerprint density at radius 2 is 1.50 bits per heavy atom. The number of esters is 1. The number of carbonyl (C=O) groups excluding carboxylic acids is 3. The van der Waals surface area contributed by atoms with Crippen LogP contribution in [0, 0.1) is 20.8 Å². The van der Waals surface area contributed by atoms with E-state index in [4.69, 9.17) is 0 Å². The van der Waals surface area contributed by atoms with Crippen molar-refractivity contribution in [2.45, 2.75) is 27.3 Å². The number of aryl methyl sites for hydroxylation is 3. The summed E-state index contributed by atoms with van der Waals surface area (Å²) in [5, 5.41) is 5.79. The van der Waals surface area contributed by atoms with Crippen LogP contribution in [0.1, 0.15) is 32.6 Å². The number of nitrogens with one attached hydrogen (secondary N) is 3. The highest BCUT2D eigenvalue weighted by atomic mass is 16.5. The summed E-state index contributed by atoms with van der Waals surface area (Å²) in [4.78, 5) is 36.8. The summed E-state index contributed by atoms with van der Waals surface area (Å²) in [6.45, 7) is 6.68. The van der Waals surface area contributed by atoms with Crippen molar-refractivity contribution >= 4 is 23.5 Å². The molecule has 2 aromatic rings. The first-order valence-corrected chi connectivity index (χ1v) is 9.82. The maximum atomic E-state index is 12.4. The van der Waals surface area contributed by atoms with Gasteiger partial charge >= 0.3 is 5.97 Å². The van der Waals surface area contributed by atoms with Crippen molar-refractivity contribution in [1.29, 1.82) is 0 Å². The molecular weight excluding hydrogens is 382 g/mol. The molecule has 0 aliphatic carbocycles. The zero-order valence-corrected chi connectivity index (χ0v) is 18.2. The van der Waals surface area contributed by atoms with Crippen LogP contribution in [0.4, 0.5) is 5.69 Å². The molecule has 7 nitrogen and oxygen atoms in total. The van der Waals surface area contributed by atoms with Crippen LogP contribution in [-0.4, -0.2) is 45.0 Å². The summed E-state index contributed by atoms with van der Waals surface area (Å²) in [5.74, 6) is -0.682. The van der Waals surface area contributed by atoms with Gasteiger partial charge in [-0.3, -0.25) is 9.59 Å². The topological polar surface area (TPSA) is 88.9 Å². The molecule has 160 valence electrons. The normalized spacial score (nSPS) is 11.5. The summed E-state index contributed by atoms with van der Waals surface area (Å²) in [6, 6.07) is 10.9. The van der Waals surface area contributed by atoms with E-state index >= 15 is 0 Å². The number of amides is 2. The lowest BCUT2D eigenvalue weighted by Gasteiger charge is -2.16. The lowest BCUT2D eigenvalue weighted by atomic mass is 10.1. The van der Waals surface area contributed by atoms with Crippen LogP contribution in [0.25, 0.3) is 0 Å². The molecule has 0 spiro atoms. The maximum absolute atomic E-state index is 12.4. The maximum Gasteiger partial charge on any atom is 0.337 e. The number of rotatable bonds is 8. The summed E-state index contributed by atoms with van der Waals surface area (Å²) in [7, 11) is 3.14. The molecule has 30 heavy (non-hydrogen) atoms. The Labute approximate surface area is 177 Å². The fourth-order valence-corrected chi connectivity index (χ4v) is 3.31. The second-order valence-corrected chi connectivity index (χ2v) is 7.60. The predicted octanol–water partition coefficient (Wildman–Crippen LogP) is 1.17. The summed E-state index contributed by atoms with van der Waals surface area (Å²) < 4.78 is 4.66. The van der Waals surface area contributed by atoms with Gasteiger partial charge in [-0.05, 0) is 49.6 Å². The smallest absolute Gasteiger partial charge is 0.337 e. The molecule has 0 fully saturated rings. The molecule has 7 heteroatoms. The third kappa shape index (κ3) is 6.70. The van der Waals surface area contributed by atoms with Crippen molar-refractivity contribution in [1.82, 2.24) is 5.32 Å². The fraction of sp³-hybridized carbons (Fsp3) is 0.348. The SMILES string of the molecule is COC(=O)c1ccc(CNC(=O)C[NH+](C)CC(=O)Nc2c(C)cc(C)cc2C)cc1. The monoisotopic (exact) mass is 412 g/mol. The van der Waals surface area contributed by atoms with Crippen molar-refractivity contribution in [3.05, 3.63) is 64.2 Å². The summed E-state index contributed by atoms with van der Waals surface area (Å²) in [6.07, 6.45) is 0. The van der Waals surface area contributed by atoms with Crippen molar-refractivity contribution in [3.63, 3.8) is 0 Å². The minimum Gasteiger partial charge on any atom is -0.465 e. The van der Waals surface area contributed by atoms with Crippen LogP contribution in [0.3, 0.4) is 0 Å². The van der Waals surface area contributed by atoms with E-state index in [-0.39, 0.29) is 24.9 Å². The third-order valence-electron chi connectivity index (χ3n) is 4.73. The Balaban J connectivity index is 1.80. The quantitative estimate of drug-likeness (QED) is 0.568. The number of benzene rings is 2. The van der Waals surface area contributed by atoms with E-state index in [9.17, 15) is 14.4 Å². The molecule has 0 saturated heterocycles. The molecule has 1 unspecified atom stereocenters. The van der Waals surface area contributed by atoms with Gasteiger partial charge in [-0.25, -0.2) is 4.79 Å².